The van der Waals surface area contributed by atoms with Crippen molar-refractivity contribution in [2.75, 3.05) is 44.6 Å². The molecule has 6 aliphatic rings. The minimum absolute atomic E-state index is 0.364. The van der Waals surface area contributed by atoms with Gasteiger partial charge in [-0.3, -0.25) is 9.80 Å². The van der Waals surface area contributed by atoms with Crippen LogP contribution in [0, 0.1) is 36.2 Å². The van der Waals surface area contributed by atoms with E-state index in [0.717, 1.165) is 75.6 Å². The van der Waals surface area contributed by atoms with E-state index in [2.05, 4.69) is 34.0 Å². The molecule has 2 amide bonds. The number of primary sulfonamides is 1. The third kappa shape index (κ3) is 8.25. The highest BCUT2D eigenvalue weighted by molar-refractivity contribution is 7.90. The van der Waals surface area contributed by atoms with Gasteiger partial charge in [0, 0.05) is 31.9 Å². The molecule has 2 aliphatic heterocycles. The summed E-state index contributed by atoms with van der Waals surface area (Å²) in [4.78, 5) is 16.1. The molecule has 2 aromatic carbocycles. The molecule has 0 bridgehead atoms. The summed E-state index contributed by atoms with van der Waals surface area (Å²) < 4.78 is 53.5. The summed E-state index contributed by atoms with van der Waals surface area (Å²) in [6.45, 7) is 2.62. The summed E-state index contributed by atoms with van der Waals surface area (Å²) in [6, 6.07) is 3.96. The van der Waals surface area contributed by atoms with Crippen molar-refractivity contribution in [1.29, 1.82) is 5.26 Å². The van der Waals surface area contributed by atoms with Crippen molar-refractivity contribution in [3.8, 4) is 36.7 Å². The first-order chi connectivity index (χ1) is 24.9. The normalized spacial score (nSPS) is 19.0. The molecule has 4 N–H and O–H groups in total. The van der Waals surface area contributed by atoms with E-state index in [-0.39, 0.29) is 0 Å². The Bertz CT molecular complexity index is 2000. The standard InChI is InChI=1S/C19H23N3O3S.C13H13NO.C6H10N2O2S/c1-2-9-22-11-15(12-22)26(24,25)21-19(23)20-18-16-7-3-5-13(16)10-14-6-4-8-17(14)18;14-8-15-13-11-5-1-3-9(11)7-10-4-2-6-12(10)13;1-2-3-8-4-6(5-8)11(7,9)10/h1,10,15H,3-9,11-12H2,(H2,20,21,23);7H,1-6H2;1,6H,3-5H2,(H2,7,9,10). The summed E-state index contributed by atoms with van der Waals surface area (Å²) in [7, 11) is -7.02. The number of nitrogens with zero attached hydrogens (tertiary/aromatic N) is 3. The number of carbonyl (C=O) groups is 1. The monoisotopic (exact) mass is 746 g/mol. The largest absolute Gasteiger partial charge is 0.387 e. The van der Waals surface area contributed by atoms with E-state index in [9.17, 15) is 21.6 Å². The van der Waals surface area contributed by atoms with Gasteiger partial charge in [-0.25, -0.2) is 31.5 Å². The summed E-state index contributed by atoms with van der Waals surface area (Å²) in [6.07, 6.45) is 25.1. The van der Waals surface area contributed by atoms with Crippen LogP contribution in [0.4, 0.5) is 10.5 Å². The van der Waals surface area contributed by atoms with Crippen molar-refractivity contribution < 1.29 is 26.4 Å². The number of nitrogens with two attached hydrogens (primary N) is 1. The molecule has 2 heterocycles. The molecule has 12 nitrogen and oxygen atoms in total. The number of hydrogen-bond donors (Lipinski definition) is 3. The predicted octanol–water partition coefficient (Wildman–Crippen LogP) is 2.55. The Morgan fingerprint density at radius 3 is 1.60 bits per heavy atom. The number of urea groups is 1. The second kappa shape index (κ2) is 15.9. The first kappa shape index (κ1) is 37.7. The quantitative estimate of drug-likeness (QED) is 0.284. The van der Waals surface area contributed by atoms with Gasteiger partial charge in [-0.1, -0.05) is 24.0 Å². The summed E-state index contributed by atoms with van der Waals surface area (Å²) in [5, 5.41) is 15.5. The van der Waals surface area contributed by atoms with Gasteiger partial charge in [0.15, 0.2) is 0 Å². The van der Waals surface area contributed by atoms with Crippen LogP contribution in [0.25, 0.3) is 0 Å². The van der Waals surface area contributed by atoms with Crippen LogP contribution in [-0.2, 0) is 71.4 Å². The molecule has 2 fully saturated rings. The van der Waals surface area contributed by atoms with Gasteiger partial charge in [0.1, 0.15) is 16.2 Å². The van der Waals surface area contributed by atoms with Crippen molar-refractivity contribution in [2.45, 2.75) is 87.5 Å². The maximum absolute atomic E-state index is 12.4. The summed E-state index contributed by atoms with van der Waals surface area (Å²) in [5.41, 5.74) is 11.3. The number of anilines is 1. The Morgan fingerprint density at radius 2 is 1.17 bits per heavy atom. The van der Waals surface area contributed by atoms with Gasteiger partial charge >= 0.3 is 6.03 Å². The Labute approximate surface area is 307 Å². The fraction of sp³-hybridized carbons (Fsp3) is 0.526. The summed E-state index contributed by atoms with van der Waals surface area (Å²) >= 11 is 0. The Morgan fingerprint density at radius 1 is 0.750 bits per heavy atom. The van der Waals surface area contributed by atoms with Crippen LogP contribution in [0.5, 0.6) is 5.75 Å². The zero-order valence-corrected chi connectivity index (χ0v) is 31.0. The molecule has 4 aliphatic carbocycles. The molecular formula is C38H46N6O6S2. The fourth-order valence-corrected chi connectivity index (χ4v) is 10.3. The van der Waals surface area contributed by atoms with E-state index in [1.165, 1.54) is 57.3 Å². The van der Waals surface area contributed by atoms with Gasteiger partial charge in [-0.15, -0.1) is 18.1 Å². The van der Waals surface area contributed by atoms with Crippen LogP contribution in [0.2, 0.25) is 0 Å². The third-order valence-corrected chi connectivity index (χ3v) is 13.8. The van der Waals surface area contributed by atoms with Crippen LogP contribution in [-0.4, -0.2) is 82.4 Å². The highest BCUT2D eigenvalue weighted by Gasteiger charge is 2.38. The second-order valence-corrected chi connectivity index (χ2v) is 18.2. The molecule has 0 radical (unpaired) electrons. The Kier molecular flexibility index (Phi) is 11.5. The van der Waals surface area contributed by atoms with Crippen LogP contribution >= 0.6 is 0 Å². The number of hydrogen-bond acceptors (Lipinski definition) is 9. The zero-order chi connectivity index (χ0) is 37.0. The van der Waals surface area contributed by atoms with Crippen molar-refractivity contribution >= 4 is 31.8 Å². The van der Waals surface area contributed by atoms with Crippen LogP contribution < -0.4 is 19.9 Å². The number of nitrogens with one attached hydrogen (secondary N) is 2. The minimum atomic E-state index is -3.69. The molecule has 52 heavy (non-hydrogen) atoms. The highest BCUT2D eigenvalue weighted by Crippen LogP contribution is 2.40. The molecule has 14 heteroatoms. The van der Waals surface area contributed by atoms with E-state index in [1.807, 2.05) is 16.1 Å². The lowest BCUT2D eigenvalue weighted by Gasteiger charge is -2.36. The number of sulfonamides is 2. The van der Waals surface area contributed by atoms with E-state index < -0.39 is 36.6 Å². The van der Waals surface area contributed by atoms with Gasteiger partial charge < -0.3 is 10.1 Å². The number of benzene rings is 2. The average Bonchev–Trinajstić information content (AvgIpc) is 3.87. The molecule has 0 atom stereocenters. The maximum Gasteiger partial charge on any atom is 0.332 e. The van der Waals surface area contributed by atoms with Crippen LogP contribution in [0.3, 0.4) is 0 Å². The molecule has 0 aromatic heterocycles. The van der Waals surface area contributed by atoms with E-state index in [0.29, 0.717) is 39.3 Å². The van der Waals surface area contributed by atoms with E-state index in [4.69, 9.17) is 28.0 Å². The second-order valence-electron chi connectivity index (χ2n) is 14.3. The molecule has 2 aromatic rings. The van der Waals surface area contributed by atoms with Gasteiger partial charge in [-0.05, 0) is 122 Å². The molecule has 2 saturated heterocycles. The highest BCUT2D eigenvalue weighted by atomic mass is 32.2. The minimum Gasteiger partial charge on any atom is -0.387 e. The van der Waals surface area contributed by atoms with Gasteiger partial charge in [0.25, 0.3) is 6.26 Å². The van der Waals surface area contributed by atoms with Gasteiger partial charge in [0.2, 0.25) is 20.0 Å². The topological polar surface area (TPSA) is 175 Å². The lowest BCUT2D eigenvalue weighted by Crippen LogP contribution is -2.58. The third-order valence-electron chi connectivity index (χ3n) is 10.9. The van der Waals surface area contributed by atoms with Gasteiger partial charge in [0.05, 0.1) is 13.1 Å². The first-order valence-electron chi connectivity index (χ1n) is 18.0. The molecule has 8 rings (SSSR count). The van der Waals surface area contributed by atoms with Crippen LogP contribution in [0.15, 0.2) is 12.1 Å². The fourth-order valence-electron chi connectivity index (χ4n) is 8.22. The molecule has 276 valence electrons. The maximum atomic E-state index is 12.4. The first-order valence-corrected chi connectivity index (χ1v) is 21.1. The molecule has 0 spiro atoms. The number of terminal acetylenes is 2. The van der Waals surface area contributed by atoms with E-state index in [1.54, 1.807) is 0 Å². The average molecular weight is 747 g/mol. The van der Waals surface area contributed by atoms with Crippen molar-refractivity contribution in [3.05, 3.63) is 56.6 Å². The lowest BCUT2D eigenvalue weighted by atomic mass is 9.99. The molecule has 0 unspecified atom stereocenters. The van der Waals surface area contributed by atoms with Crippen LogP contribution in [0.1, 0.15) is 70.2 Å². The number of amides is 2. The SMILES string of the molecule is C#CCN1CC(S(=O)(=O)NC(=O)Nc2c3c(cc4c2CCC4)CCC3)C1.C#CCN1CC(S(N)(=O)=O)C1.N#COc1c2c(cc3c1CCC3)CCC2. The number of nitriles is 1. The van der Waals surface area contributed by atoms with Crippen molar-refractivity contribution in [1.82, 2.24) is 14.5 Å². The lowest BCUT2D eigenvalue weighted by molar-refractivity contribution is 0.208. The van der Waals surface area contributed by atoms with E-state index >= 15 is 0 Å². The number of fused-ring (bicyclic) bond motifs is 4. The van der Waals surface area contributed by atoms with Gasteiger partial charge in [-0.2, -0.15) is 0 Å². The number of aryl methyl sites for hydroxylation is 4. The molecule has 0 saturated carbocycles. The smallest absolute Gasteiger partial charge is 0.332 e. The Hall–Kier alpha value is -4.10. The Balaban J connectivity index is 0.000000150. The molecular weight excluding hydrogens is 701 g/mol. The number of rotatable bonds is 7. The zero-order valence-electron chi connectivity index (χ0n) is 29.4. The van der Waals surface area contributed by atoms with Crippen molar-refractivity contribution in [2.24, 2.45) is 5.14 Å². The number of ether oxygens (including phenoxy) is 1. The number of carbonyl (C=O) groups excluding carboxylic acids is 1. The number of likely N-dealkylation sites (tertiary alicyclic amines) is 2. The predicted molar refractivity (Wildman–Crippen MR) is 200 cm³/mol. The van der Waals surface area contributed by atoms with Crippen molar-refractivity contribution in [3.63, 3.8) is 0 Å². The summed E-state index contributed by atoms with van der Waals surface area (Å²) in [5.74, 6) is 5.83.